The zero-order valence-corrected chi connectivity index (χ0v) is 9.25. The quantitative estimate of drug-likeness (QED) is 0.282. The molecule has 2 rings (SSSR count). The number of rotatable bonds is 3. The summed E-state index contributed by atoms with van der Waals surface area (Å²) in [6.07, 6.45) is 0. The SMILES string of the molecule is Oc1ccc(NNc2ccc(O)cc2O)c(O)c1. The molecule has 94 valence electrons. The summed E-state index contributed by atoms with van der Waals surface area (Å²) in [5.74, 6) is -0.377. The topological polar surface area (TPSA) is 105 Å². The van der Waals surface area contributed by atoms with Gasteiger partial charge >= 0.3 is 0 Å². The maximum Gasteiger partial charge on any atom is 0.144 e. The molecule has 0 aliphatic rings. The van der Waals surface area contributed by atoms with E-state index in [2.05, 4.69) is 10.9 Å². The van der Waals surface area contributed by atoms with Gasteiger partial charge in [-0.2, -0.15) is 0 Å². The van der Waals surface area contributed by atoms with Crippen molar-refractivity contribution in [1.82, 2.24) is 0 Å². The van der Waals surface area contributed by atoms with Crippen molar-refractivity contribution in [3.63, 3.8) is 0 Å². The first-order valence-electron chi connectivity index (χ1n) is 5.12. The molecule has 0 saturated carbocycles. The summed E-state index contributed by atoms with van der Waals surface area (Å²) in [4.78, 5) is 0. The van der Waals surface area contributed by atoms with E-state index in [1.54, 1.807) is 0 Å². The Labute approximate surface area is 103 Å². The second-order valence-electron chi connectivity index (χ2n) is 3.65. The fourth-order valence-corrected chi connectivity index (χ4v) is 1.39. The third-order valence-corrected chi connectivity index (χ3v) is 2.29. The van der Waals surface area contributed by atoms with Crippen LogP contribution in [-0.4, -0.2) is 20.4 Å². The Hall–Kier alpha value is -2.76. The lowest BCUT2D eigenvalue weighted by molar-refractivity contribution is 0.450. The Bertz CT molecular complexity index is 520. The Morgan fingerprint density at radius 2 is 1.00 bits per heavy atom. The number of hydrazine groups is 1. The standard InChI is InChI=1S/C12H12N2O4/c15-7-1-3-9(11(17)5-7)13-14-10-4-2-8(16)6-12(10)18/h1-6,13-18H. The summed E-state index contributed by atoms with van der Waals surface area (Å²) < 4.78 is 0. The molecule has 0 aromatic heterocycles. The van der Waals surface area contributed by atoms with Gasteiger partial charge in [-0.25, -0.2) is 0 Å². The van der Waals surface area contributed by atoms with Crippen molar-refractivity contribution in [2.45, 2.75) is 0 Å². The first kappa shape index (κ1) is 11.7. The van der Waals surface area contributed by atoms with Crippen LogP contribution in [-0.2, 0) is 0 Å². The monoisotopic (exact) mass is 248 g/mol. The summed E-state index contributed by atoms with van der Waals surface area (Å²) in [5.41, 5.74) is 6.00. The number of benzene rings is 2. The number of hydrogen-bond donors (Lipinski definition) is 6. The first-order valence-corrected chi connectivity index (χ1v) is 5.12. The molecule has 0 bridgehead atoms. The van der Waals surface area contributed by atoms with E-state index in [4.69, 9.17) is 10.2 Å². The van der Waals surface area contributed by atoms with Gasteiger partial charge in [0.2, 0.25) is 0 Å². The second kappa shape index (κ2) is 4.62. The summed E-state index contributed by atoms with van der Waals surface area (Å²) >= 11 is 0. The van der Waals surface area contributed by atoms with Gasteiger partial charge in [0.25, 0.3) is 0 Å². The summed E-state index contributed by atoms with van der Waals surface area (Å²) in [5, 5.41) is 37.3. The molecule has 0 aliphatic heterocycles. The van der Waals surface area contributed by atoms with E-state index in [0.717, 1.165) is 0 Å². The molecule has 6 nitrogen and oxygen atoms in total. The molecule has 18 heavy (non-hydrogen) atoms. The lowest BCUT2D eigenvalue weighted by Crippen LogP contribution is -2.08. The van der Waals surface area contributed by atoms with Crippen LogP contribution in [0.25, 0.3) is 0 Å². The van der Waals surface area contributed by atoms with Crippen molar-refractivity contribution in [2.24, 2.45) is 0 Å². The number of anilines is 2. The van der Waals surface area contributed by atoms with Crippen LogP contribution in [0.1, 0.15) is 0 Å². The highest BCUT2D eigenvalue weighted by Gasteiger charge is 2.04. The van der Waals surface area contributed by atoms with Crippen LogP contribution in [0.3, 0.4) is 0 Å². The molecular weight excluding hydrogens is 236 g/mol. The van der Waals surface area contributed by atoms with Gasteiger partial charge in [0, 0.05) is 12.1 Å². The van der Waals surface area contributed by atoms with Crippen LogP contribution in [0.4, 0.5) is 11.4 Å². The fraction of sp³-hybridized carbons (Fsp3) is 0. The van der Waals surface area contributed by atoms with E-state index in [-0.39, 0.29) is 23.0 Å². The van der Waals surface area contributed by atoms with Crippen LogP contribution in [0.15, 0.2) is 36.4 Å². The smallest absolute Gasteiger partial charge is 0.144 e. The Balaban J connectivity index is 2.11. The zero-order valence-electron chi connectivity index (χ0n) is 9.25. The van der Waals surface area contributed by atoms with Gasteiger partial charge in [0.05, 0.1) is 11.4 Å². The fourth-order valence-electron chi connectivity index (χ4n) is 1.39. The average molecular weight is 248 g/mol. The average Bonchev–Trinajstić information content (AvgIpc) is 2.30. The van der Waals surface area contributed by atoms with Crippen LogP contribution in [0.2, 0.25) is 0 Å². The highest BCUT2D eigenvalue weighted by Crippen LogP contribution is 2.30. The molecule has 0 heterocycles. The molecule has 0 fully saturated rings. The highest BCUT2D eigenvalue weighted by molar-refractivity contribution is 5.65. The molecule has 0 amide bonds. The summed E-state index contributed by atoms with van der Waals surface area (Å²) in [7, 11) is 0. The van der Waals surface area contributed by atoms with Gasteiger partial charge in [-0.3, -0.25) is 10.9 Å². The van der Waals surface area contributed by atoms with Crippen LogP contribution in [0, 0.1) is 0 Å². The van der Waals surface area contributed by atoms with Crippen molar-refractivity contribution < 1.29 is 20.4 Å². The predicted octanol–water partition coefficient (Wildman–Crippen LogP) is 1.95. The normalized spacial score (nSPS) is 10.0. The molecular formula is C12H12N2O4. The number of hydrogen-bond acceptors (Lipinski definition) is 6. The molecule has 0 atom stereocenters. The van der Waals surface area contributed by atoms with E-state index in [1.807, 2.05) is 0 Å². The minimum absolute atomic E-state index is 0.0504. The van der Waals surface area contributed by atoms with Crippen LogP contribution in [0.5, 0.6) is 23.0 Å². The molecule has 6 N–H and O–H groups in total. The number of phenolic OH excluding ortho intramolecular Hbond substituents is 4. The summed E-state index contributed by atoms with van der Waals surface area (Å²) in [6, 6.07) is 8.10. The lowest BCUT2D eigenvalue weighted by atomic mass is 10.2. The molecule has 6 heteroatoms. The Kier molecular flexibility index (Phi) is 3.01. The maximum atomic E-state index is 9.52. The Morgan fingerprint density at radius 3 is 1.33 bits per heavy atom. The van der Waals surface area contributed by atoms with Gasteiger partial charge in [0.15, 0.2) is 0 Å². The molecule has 0 aliphatic carbocycles. The van der Waals surface area contributed by atoms with E-state index in [0.29, 0.717) is 11.4 Å². The third-order valence-electron chi connectivity index (χ3n) is 2.29. The minimum Gasteiger partial charge on any atom is -0.508 e. The number of phenols is 4. The second-order valence-corrected chi connectivity index (χ2v) is 3.65. The van der Waals surface area contributed by atoms with E-state index in [1.165, 1.54) is 36.4 Å². The predicted molar refractivity (Wildman–Crippen MR) is 66.8 cm³/mol. The summed E-state index contributed by atoms with van der Waals surface area (Å²) in [6.45, 7) is 0. The molecule has 2 aromatic rings. The van der Waals surface area contributed by atoms with Gasteiger partial charge in [-0.1, -0.05) is 0 Å². The molecule has 0 radical (unpaired) electrons. The molecule has 0 spiro atoms. The largest absolute Gasteiger partial charge is 0.508 e. The van der Waals surface area contributed by atoms with E-state index >= 15 is 0 Å². The number of nitrogens with one attached hydrogen (secondary N) is 2. The van der Waals surface area contributed by atoms with Crippen LogP contribution >= 0.6 is 0 Å². The Morgan fingerprint density at radius 1 is 0.611 bits per heavy atom. The first-order chi connectivity index (χ1) is 8.56. The van der Waals surface area contributed by atoms with Crippen molar-refractivity contribution in [3.05, 3.63) is 36.4 Å². The van der Waals surface area contributed by atoms with Gasteiger partial charge < -0.3 is 20.4 Å². The molecule has 0 unspecified atom stereocenters. The number of aromatic hydroxyl groups is 4. The third kappa shape index (κ3) is 2.49. The van der Waals surface area contributed by atoms with Gasteiger partial charge in [-0.15, -0.1) is 0 Å². The molecule has 0 saturated heterocycles. The highest BCUT2D eigenvalue weighted by atomic mass is 16.3. The van der Waals surface area contributed by atoms with Gasteiger partial charge in [-0.05, 0) is 24.3 Å². The zero-order chi connectivity index (χ0) is 13.1. The van der Waals surface area contributed by atoms with Crippen LogP contribution < -0.4 is 10.9 Å². The van der Waals surface area contributed by atoms with Crippen molar-refractivity contribution >= 4 is 11.4 Å². The molecule has 2 aromatic carbocycles. The van der Waals surface area contributed by atoms with Crippen molar-refractivity contribution in [1.29, 1.82) is 0 Å². The lowest BCUT2D eigenvalue weighted by Gasteiger charge is -2.12. The van der Waals surface area contributed by atoms with Gasteiger partial charge in [0.1, 0.15) is 23.0 Å². The van der Waals surface area contributed by atoms with E-state index in [9.17, 15) is 10.2 Å². The van der Waals surface area contributed by atoms with Crippen molar-refractivity contribution in [2.75, 3.05) is 10.9 Å². The maximum absolute atomic E-state index is 9.52. The minimum atomic E-state index is -0.138. The van der Waals surface area contributed by atoms with E-state index < -0.39 is 0 Å². The van der Waals surface area contributed by atoms with Crippen molar-refractivity contribution in [3.8, 4) is 23.0 Å².